The van der Waals surface area contributed by atoms with Gasteiger partial charge in [-0.25, -0.2) is 0 Å². The Balaban J connectivity index is 4.56. The third kappa shape index (κ3) is 3.23. The van der Waals surface area contributed by atoms with Crippen LogP contribution in [0.4, 0.5) is 0 Å². The first-order chi connectivity index (χ1) is 6.56. The summed E-state index contributed by atoms with van der Waals surface area (Å²) in [4.78, 5) is 2.30. The molecule has 0 aliphatic carbocycles. The minimum absolute atomic E-state index is 0.0751. The van der Waals surface area contributed by atoms with Crippen molar-refractivity contribution >= 4 is 0 Å². The Morgan fingerprint density at radius 3 is 2.00 bits per heavy atom. The number of rotatable bonds is 7. The fourth-order valence-electron chi connectivity index (χ4n) is 2.09. The molecule has 86 valence electrons. The first-order valence-electron chi connectivity index (χ1n) is 5.69. The highest BCUT2D eigenvalue weighted by Crippen LogP contribution is 2.22. The molecular formula is C11H26N2O. The average molecular weight is 202 g/mol. The predicted molar refractivity (Wildman–Crippen MR) is 61.3 cm³/mol. The van der Waals surface area contributed by atoms with E-state index in [1.807, 2.05) is 6.92 Å². The minimum Gasteiger partial charge on any atom is -0.392 e. The maximum absolute atomic E-state index is 9.42. The van der Waals surface area contributed by atoms with E-state index in [9.17, 15) is 5.11 Å². The van der Waals surface area contributed by atoms with Crippen LogP contribution in [0.3, 0.4) is 0 Å². The van der Waals surface area contributed by atoms with E-state index >= 15 is 0 Å². The molecule has 0 aliphatic heterocycles. The Morgan fingerprint density at radius 1 is 1.29 bits per heavy atom. The Labute approximate surface area is 88.3 Å². The third-order valence-electron chi connectivity index (χ3n) is 3.23. The van der Waals surface area contributed by atoms with Crippen LogP contribution < -0.4 is 5.73 Å². The standard InChI is InChI=1S/C11H26N2O/c1-5-11(6-2,9-12)13(7-3)8-10(4)14/h10,14H,5-9,12H2,1-4H3. The Hall–Kier alpha value is -0.120. The predicted octanol–water partition coefficient (Wildman–Crippen LogP) is 1.21. The molecule has 0 amide bonds. The van der Waals surface area contributed by atoms with E-state index in [-0.39, 0.29) is 11.6 Å². The molecule has 1 unspecified atom stereocenters. The quantitative estimate of drug-likeness (QED) is 0.652. The highest BCUT2D eigenvalue weighted by Gasteiger charge is 2.31. The molecule has 14 heavy (non-hydrogen) atoms. The van der Waals surface area contributed by atoms with Crippen molar-refractivity contribution in [1.82, 2.24) is 4.90 Å². The van der Waals surface area contributed by atoms with E-state index in [4.69, 9.17) is 5.73 Å². The van der Waals surface area contributed by atoms with Crippen LogP contribution in [0.25, 0.3) is 0 Å². The lowest BCUT2D eigenvalue weighted by atomic mass is 9.90. The molecule has 0 saturated carbocycles. The van der Waals surface area contributed by atoms with Gasteiger partial charge in [0.25, 0.3) is 0 Å². The van der Waals surface area contributed by atoms with Gasteiger partial charge in [0.2, 0.25) is 0 Å². The number of hydrogen-bond donors (Lipinski definition) is 2. The molecule has 0 saturated heterocycles. The van der Waals surface area contributed by atoms with Gasteiger partial charge in [0.15, 0.2) is 0 Å². The fourth-order valence-corrected chi connectivity index (χ4v) is 2.09. The monoisotopic (exact) mass is 202 g/mol. The number of hydrogen-bond acceptors (Lipinski definition) is 3. The zero-order valence-corrected chi connectivity index (χ0v) is 10.1. The van der Waals surface area contributed by atoms with Crippen LogP contribution in [0.15, 0.2) is 0 Å². The normalized spacial score (nSPS) is 14.8. The SMILES string of the molecule is CCN(CC(C)O)C(CC)(CC)CN. The smallest absolute Gasteiger partial charge is 0.0639 e. The average Bonchev–Trinajstić information content (AvgIpc) is 2.19. The second-order valence-electron chi connectivity index (χ2n) is 4.02. The van der Waals surface area contributed by atoms with Crippen LogP contribution in [0.1, 0.15) is 40.5 Å². The summed E-state index contributed by atoms with van der Waals surface area (Å²) >= 11 is 0. The third-order valence-corrected chi connectivity index (χ3v) is 3.23. The van der Waals surface area contributed by atoms with Crippen molar-refractivity contribution in [3.63, 3.8) is 0 Å². The van der Waals surface area contributed by atoms with Crippen LogP contribution in [-0.2, 0) is 0 Å². The maximum Gasteiger partial charge on any atom is 0.0639 e. The number of likely N-dealkylation sites (N-methyl/N-ethyl adjacent to an activating group) is 1. The summed E-state index contributed by atoms with van der Waals surface area (Å²) in [5.74, 6) is 0. The summed E-state index contributed by atoms with van der Waals surface area (Å²) < 4.78 is 0. The molecule has 0 aromatic carbocycles. The van der Waals surface area contributed by atoms with Crippen molar-refractivity contribution in [3.8, 4) is 0 Å². The summed E-state index contributed by atoms with van der Waals surface area (Å²) in [6.07, 6.45) is 1.81. The highest BCUT2D eigenvalue weighted by molar-refractivity contribution is 4.89. The summed E-state index contributed by atoms with van der Waals surface area (Å²) in [5.41, 5.74) is 5.93. The lowest BCUT2D eigenvalue weighted by molar-refractivity contribution is 0.0416. The van der Waals surface area contributed by atoms with E-state index in [1.165, 1.54) is 0 Å². The first-order valence-corrected chi connectivity index (χ1v) is 5.69. The molecule has 0 heterocycles. The van der Waals surface area contributed by atoms with Gasteiger partial charge in [-0.15, -0.1) is 0 Å². The molecule has 3 heteroatoms. The van der Waals surface area contributed by atoms with Crippen molar-refractivity contribution in [2.75, 3.05) is 19.6 Å². The van der Waals surface area contributed by atoms with Gasteiger partial charge in [-0.3, -0.25) is 4.90 Å². The van der Waals surface area contributed by atoms with Crippen molar-refractivity contribution in [2.45, 2.75) is 52.2 Å². The Morgan fingerprint density at radius 2 is 1.79 bits per heavy atom. The molecule has 3 N–H and O–H groups in total. The van der Waals surface area contributed by atoms with E-state index < -0.39 is 0 Å². The molecule has 0 fully saturated rings. The lowest BCUT2D eigenvalue weighted by Gasteiger charge is -2.42. The van der Waals surface area contributed by atoms with Gasteiger partial charge in [0.1, 0.15) is 0 Å². The van der Waals surface area contributed by atoms with Crippen molar-refractivity contribution in [1.29, 1.82) is 0 Å². The van der Waals surface area contributed by atoms with Gasteiger partial charge in [-0.05, 0) is 26.3 Å². The molecule has 0 aliphatic rings. The number of nitrogens with zero attached hydrogens (tertiary/aromatic N) is 1. The molecule has 0 aromatic rings. The Bertz CT molecular complexity index is 136. The summed E-state index contributed by atoms with van der Waals surface area (Å²) in [7, 11) is 0. The van der Waals surface area contributed by atoms with Gasteiger partial charge in [0, 0.05) is 18.6 Å². The number of β-amino-alcohol motifs (C(OH)–C–C–N with tert-alkyl or cyclic N) is 1. The number of aliphatic hydroxyl groups excluding tert-OH is 1. The van der Waals surface area contributed by atoms with E-state index in [1.54, 1.807) is 0 Å². The van der Waals surface area contributed by atoms with Crippen molar-refractivity contribution < 1.29 is 5.11 Å². The van der Waals surface area contributed by atoms with Gasteiger partial charge in [-0.1, -0.05) is 20.8 Å². The molecule has 0 aromatic heterocycles. The number of aliphatic hydroxyl groups is 1. The Kier molecular flexibility index (Phi) is 6.33. The fraction of sp³-hybridized carbons (Fsp3) is 1.00. The van der Waals surface area contributed by atoms with Crippen LogP contribution in [-0.4, -0.2) is 41.3 Å². The van der Waals surface area contributed by atoms with Gasteiger partial charge >= 0.3 is 0 Å². The van der Waals surface area contributed by atoms with Gasteiger partial charge in [0.05, 0.1) is 6.10 Å². The van der Waals surface area contributed by atoms with E-state index in [0.29, 0.717) is 6.54 Å². The summed E-state index contributed by atoms with van der Waals surface area (Å²) in [5, 5.41) is 9.42. The molecule has 0 spiro atoms. The van der Waals surface area contributed by atoms with Crippen LogP contribution in [0.2, 0.25) is 0 Å². The second kappa shape index (κ2) is 6.38. The zero-order valence-electron chi connectivity index (χ0n) is 10.1. The van der Waals surface area contributed by atoms with Crippen LogP contribution in [0, 0.1) is 0 Å². The molecule has 3 nitrogen and oxygen atoms in total. The van der Waals surface area contributed by atoms with Crippen molar-refractivity contribution in [3.05, 3.63) is 0 Å². The molecule has 1 atom stereocenters. The topological polar surface area (TPSA) is 49.5 Å². The largest absolute Gasteiger partial charge is 0.392 e. The second-order valence-corrected chi connectivity index (χ2v) is 4.02. The highest BCUT2D eigenvalue weighted by atomic mass is 16.3. The van der Waals surface area contributed by atoms with E-state index in [2.05, 4.69) is 25.7 Å². The summed E-state index contributed by atoms with van der Waals surface area (Å²) in [6, 6.07) is 0. The number of nitrogens with two attached hydrogens (primary N) is 1. The van der Waals surface area contributed by atoms with Gasteiger partial charge in [-0.2, -0.15) is 0 Å². The first kappa shape index (κ1) is 13.9. The van der Waals surface area contributed by atoms with E-state index in [0.717, 1.165) is 25.9 Å². The summed E-state index contributed by atoms with van der Waals surface area (Å²) in [6.45, 7) is 10.6. The molecule has 0 rings (SSSR count). The molecular weight excluding hydrogens is 176 g/mol. The van der Waals surface area contributed by atoms with Crippen LogP contribution >= 0.6 is 0 Å². The van der Waals surface area contributed by atoms with Gasteiger partial charge < -0.3 is 10.8 Å². The maximum atomic E-state index is 9.42. The lowest BCUT2D eigenvalue weighted by Crippen LogP contribution is -2.55. The molecule has 0 radical (unpaired) electrons. The molecule has 0 bridgehead atoms. The van der Waals surface area contributed by atoms with Crippen molar-refractivity contribution in [2.24, 2.45) is 5.73 Å². The van der Waals surface area contributed by atoms with Crippen LogP contribution in [0.5, 0.6) is 0 Å². The zero-order chi connectivity index (χ0) is 11.2. The minimum atomic E-state index is -0.279.